The molecule has 0 amide bonds. The first kappa shape index (κ1) is 16.9. The zero-order valence-corrected chi connectivity index (χ0v) is 14.2. The van der Waals surface area contributed by atoms with Gasteiger partial charge in [0.15, 0.2) is 0 Å². The maximum atomic E-state index is 11.3. The smallest absolute Gasteiger partial charge is 0.238 e. The molecule has 25 heavy (non-hydrogen) atoms. The number of primary sulfonamides is 1. The van der Waals surface area contributed by atoms with E-state index in [0.717, 1.165) is 5.75 Å². The summed E-state index contributed by atoms with van der Waals surface area (Å²) in [5, 5.41) is 13.1. The molecule has 0 saturated carbocycles. The highest BCUT2D eigenvalue weighted by Gasteiger charge is 2.09. The second-order valence-corrected chi connectivity index (χ2v) is 6.72. The summed E-state index contributed by atoms with van der Waals surface area (Å²) in [4.78, 5) is 0.0411. The molecule has 0 atom stereocenters. The minimum atomic E-state index is -3.72. The predicted octanol–water partition coefficient (Wildman–Crippen LogP) is 1.50. The highest BCUT2D eigenvalue weighted by Crippen LogP contribution is 2.18. The van der Waals surface area contributed by atoms with Crippen LogP contribution in [0.25, 0.3) is 5.69 Å². The van der Waals surface area contributed by atoms with Gasteiger partial charge in [-0.2, -0.15) is 0 Å². The highest BCUT2D eigenvalue weighted by atomic mass is 32.2. The largest absolute Gasteiger partial charge is 0.497 e. The normalized spacial score (nSPS) is 11.3. The number of hydrogen-bond acceptors (Lipinski definition) is 6. The average Bonchev–Trinajstić information content (AvgIpc) is 3.09. The van der Waals surface area contributed by atoms with Gasteiger partial charge in [0.1, 0.15) is 23.8 Å². The molecule has 0 bridgehead atoms. The van der Waals surface area contributed by atoms with Gasteiger partial charge < -0.3 is 9.47 Å². The van der Waals surface area contributed by atoms with E-state index in [1.807, 2.05) is 0 Å². The van der Waals surface area contributed by atoms with E-state index in [4.69, 9.17) is 14.6 Å². The van der Waals surface area contributed by atoms with Gasteiger partial charge in [-0.15, -0.1) is 5.10 Å². The molecule has 0 aliphatic heterocycles. The molecule has 0 unspecified atom stereocenters. The number of nitrogens with two attached hydrogens (primary N) is 1. The van der Waals surface area contributed by atoms with E-state index in [9.17, 15) is 8.42 Å². The summed E-state index contributed by atoms with van der Waals surface area (Å²) < 4.78 is 34.8. The van der Waals surface area contributed by atoms with Crippen LogP contribution in [0.3, 0.4) is 0 Å². The summed E-state index contributed by atoms with van der Waals surface area (Å²) in [5.41, 5.74) is 1.29. The fraction of sp³-hybridized carbons (Fsp3) is 0.125. The Labute approximate surface area is 144 Å². The van der Waals surface area contributed by atoms with E-state index < -0.39 is 10.0 Å². The van der Waals surface area contributed by atoms with E-state index in [-0.39, 0.29) is 11.5 Å². The Morgan fingerprint density at radius 2 is 1.68 bits per heavy atom. The number of rotatable bonds is 6. The van der Waals surface area contributed by atoms with Crippen LogP contribution in [0.2, 0.25) is 0 Å². The maximum absolute atomic E-state index is 11.3. The van der Waals surface area contributed by atoms with Gasteiger partial charge in [-0.25, -0.2) is 18.2 Å². The van der Waals surface area contributed by atoms with Gasteiger partial charge in [0.05, 0.1) is 23.9 Å². The van der Waals surface area contributed by atoms with Crippen LogP contribution in [0, 0.1) is 0 Å². The molecule has 3 aromatic rings. The summed E-state index contributed by atoms with van der Waals surface area (Å²) in [6, 6.07) is 13.2. The van der Waals surface area contributed by atoms with Gasteiger partial charge in [0.2, 0.25) is 10.0 Å². The van der Waals surface area contributed by atoms with Crippen LogP contribution in [-0.2, 0) is 16.6 Å². The van der Waals surface area contributed by atoms with Crippen molar-refractivity contribution in [3.63, 3.8) is 0 Å². The van der Waals surface area contributed by atoms with Crippen LogP contribution < -0.4 is 14.6 Å². The van der Waals surface area contributed by atoms with Gasteiger partial charge in [0, 0.05) is 0 Å². The first-order valence-electron chi connectivity index (χ1n) is 7.27. The van der Waals surface area contributed by atoms with Crippen LogP contribution >= 0.6 is 0 Å². The number of hydrogen-bond donors (Lipinski definition) is 1. The van der Waals surface area contributed by atoms with Crippen molar-refractivity contribution < 1.29 is 17.9 Å². The second kappa shape index (κ2) is 6.91. The van der Waals surface area contributed by atoms with E-state index in [0.29, 0.717) is 17.1 Å². The van der Waals surface area contributed by atoms with Gasteiger partial charge in [-0.3, -0.25) is 0 Å². The van der Waals surface area contributed by atoms with Crippen molar-refractivity contribution in [1.82, 2.24) is 15.0 Å². The van der Waals surface area contributed by atoms with E-state index in [2.05, 4.69) is 10.3 Å². The molecule has 130 valence electrons. The SMILES string of the molecule is COc1ccc(OCc2cn(-c3ccc(S(N)(=O)=O)cc3)nn2)cc1. The topological polar surface area (TPSA) is 109 Å². The summed E-state index contributed by atoms with van der Waals surface area (Å²) in [7, 11) is -2.11. The molecule has 0 fully saturated rings. The van der Waals surface area contributed by atoms with E-state index >= 15 is 0 Å². The second-order valence-electron chi connectivity index (χ2n) is 5.16. The molecule has 9 heteroatoms. The Balaban J connectivity index is 1.67. The fourth-order valence-corrected chi connectivity index (χ4v) is 2.62. The third-order valence-corrected chi connectivity index (χ3v) is 4.35. The van der Waals surface area contributed by atoms with E-state index in [1.165, 1.54) is 16.8 Å². The third-order valence-electron chi connectivity index (χ3n) is 3.42. The summed E-state index contributed by atoms with van der Waals surface area (Å²) in [5.74, 6) is 1.44. The Kier molecular flexibility index (Phi) is 4.68. The quantitative estimate of drug-likeness (QED) is 0.713. The summed E-state index contributed by atoms with van der Waals surface area (Å²) in [6.45, 7) is 0.252. The molecule has 2 N–H and O–H groups in total. The van der Waals surface area contributed by atoms with Gasteiger partial charge in [-0.05, 0) is 48.5 Å². The summed E-state index contributed by atoms with van der Waals surface area (Å²) in [6.07, 6.45) is 1.70. The molecule has 0 saturated heterocycles. The van der Waals surface area contributed by atoms with Crippen molar-refractivity contribution in [2.45, 2.75) is 11.5 Å². The molecule has 3 rings (SSSR count). The van der Waals surface area contributed by atoms with E-state index in [1.54, 1.807) is 49.7 Å². The third kappa shape index (κ3) is 4.14. The number of ether oxygens (including phenoxy) is 2. The molecule has 0 radical (unpaired) electrons. The Hall–Kier alpha value is -2.91. The van der Waals surface area contributed by atoms with Crippen LogP contribution in [0.1, 0.15) is 5.69 Å². The lowest BCUT2D eigenvalue weighted by molar-refractivity contribution is 0.300. The van der Waals surface area contributed by atoms with Crippen molar-refractivity contribution in [3.8, 4) is 17.2 Å². The Bertz CT molecular complexity index is 951. The van der Waals surface area contributed by atoms with Crippen molar-refractivity contribution in [2.24, 2.45) is 5.14 Å². The fourth-order valence-electron chi connectivity index (χ4n) is 2.11. The molecule has 8 nitrogen and oxygen atoms in total. The lowest BCUT2D eigenvalue weighted by atomic mass is 10.3. The Morgan fingerprint density at radius 3 is 2.28 bits per heavy atom. The zero-order valence-electron chi connectivity index (χ0n) is 13.4. The molecule has 0 aliphatic rings. The number of benzene rings is 2. The standard InChI is InChI=1S/C16H16N4O4S/c1-23-14-4-6-15(7-5-14)24-11-12-10-20(19-18-12)13-2-8-16(9-3-13)25(17,21)22/h2-10H,11H2,1H3,(H2,17,21,22). The first-order chi connectivity index (χ1) is 12.0. The van der Waals surface area contributed by atoms with Crippen molar-refractivity contribution >= 4 is 10.0 Å². The monoisotopic (exact) mass is 360 g/mol. The minimum absolute atomic E-state index is 0.0411. The molecule has 0 spiro atoms. The van der Waals surface area contributed by atoms with Crippen molar-refractivity contribution in [1.29, 1.82) is 0 Å². The van der Waals surface area contributed by atoms with Crippen LogP contribution in [0.4, 0.5) is 0 Å². The lowest BCUT2D eigenvalue weighted by Gasteiger charge is -2.05. The van der Waals surface area contributed by atoms with Crippen molar-refractivity contribution in [2.75, 3.05) is 7.11 Å². The average molecular weight is 360 g/mol. The lowest BCUT2D eigenvalue weighted by Crippen LogP contribution is -2.12. The highest BCUT2D eigenvalue weighted by molar-refractivity contribution is 7.89. The zero-order chi connectivity index (χ0) is 17.9. The van der Waals surface area contributed by atoms with Crippen molar-refractivity contribution in [3.05, 3.63) is 60.4 Å². The van der Waals surface area contributed by atoms with Crippen LogP contribution in [0.15, 0.2) is 59.6 Å². The number of nitrogens with zero attached hydrogens (tertiary/aromatic N) is 3. The van der Waals surface area contributed by atoms with Gasteiger partial charge >= 0.3 is 0 Å². The Morgan fingerprint density at radius 1 is 1.04 bits per heavy atom. The predicted molar refractivity (Wildman–Crippen MR) is 90.1 cm³/mol. The number of aromatic nitrogens is 3. The first-order valence-corrected chi connectivity index (χ1v) is 8.82. The van der Waals surface area contributed by atoms with Gasteiger partial charge in [-0.1, -0.05) is 5.21 Å². The van der Waals surface area contributed by atoms with Crippen LogP contribution in [0.5, 0.6) is 11.5 Å². The molecular formula is C16H16N4O4S. The van der Waals surface area contributed by atoms with Gasteiger partial charge in [0.25, 0.3) is 0 Å². The van der Waals surface area contributed by atoms with Crippen LogP contribution in [-0.4, -0.2) is 30.5 Å². The number of methoxy groups -OCH3 is 1. The summed E-state index contributed by atoms with van der Waals surface area (Å²) >= 11 is 0. The molecular weight excluding hydrogens is 344 g/mol. The molecule has 1 aromatic heterocycles. The minimum Gasteiger partial charge on any atom is -0.497 e. The molecule has 0 aliphatic carbocycles. The molecule has 2 aromatic carbocycles. The maximum Gasteiger partial charge on any atom is 0.238 e. The number of sulfonamides is 1. The molecule has 1 heterocycles.